The van der Waals surface area contributed by atoms with Crippen molar-refractivity contribution in [3.05, 3.63) is 108 Å². The van der Waals surface area contributed by atoms with Crippen LogP contribution in [0.1, 0.15) is 12.5 Å². The van der Waals surface area contributed by atoms with E-state index in [9.17, 15) is 13.2 Å². The molecular weight excluding hydrogens is 409 g/mol. The highest BCUT2D eigenvalue weighted by molar-refractivity contribution is 5.74. The maximum absolute atomic E-state index is 14.5. The van der Waals surface area contributed by atoms with Gasteiger partial charge < -0.3 is 4.74 Å². The molecule has 160 valence electrons. The largest absolute Gasteiger partial charge is 0.491 e. The fraction of sp³-hybridized carbons (Fsp3) is 0.0714. The summed E-state index contributed by atoms with van der Waals surface area (Å²) in [4.78, 5) is 0. The van der Waals surface area contributed by atoms with E-state index in [1.807, 2.05) is 42.5 Å². The van der Waals surface area contributed by atoms with Crippen LogP contribution in [0.5, 0.6) is 5.75 Å². The van der Waals surface area contributed by atoms with Crippen LogP contribution in [-0.4, -0.2) is 6.61 Å². The van der Waals surface area contributed by atoms with E-state index in [2.05, 4.69) is 6.58 Å². The van der Waals surface area contributed by atoms with E-state index in [1.54, 1.807) is 25.1 Å². The third-order valence-electron chi connectivity index (χ3n) is 5.31. The molecule has 0 aliphatic heterocycles. The topological polar surface area (TPSA) is 9.23 Å². The SMILES string of the molecule is C=Cc1ccc(-c2ccc(-c3ccc(-c4ccc(OCC)c(F)c4F)cc3)cc2)cc1F. The fourth-order valence-corrected chi connectivity index (χ4v) is 3.59. The number of ether oxygens (including phenoxy) is 1. The Morgan fingerprint density at radius 3 is 1.75 bits per heavy atom. The van der Waals surface area contributed by atoms with Gasteiger partial charge in [-0.3, -0.25) is 0 Å². The molecule has 0 aliphatic rings. The highest BCUT2D eigenvalue weighted by Gasteiger charge is 2.15. The molecule has 4 aromatic rings. The lowest BCUT2D eigenvalue weighted by Gasteiger charge is -2.10. The van der Waals surface area contributed by atoms with Gasteiger partial charge in [-0.2, -0.15) is 4.39 Å². The zero-order valence-electron chi connectivity index (χ0n) is 17.5. The minimum absolute atomic E-state index is 0.0931. The van der Waals surface area contributed by atoms with Crippen molar-refractivity contribution >= 4 is 6.08 Å². The molecule has 0 atom stereocenters. The molecule has 0 fully saturated rings. The van der Waals surface area contributed by atoms with Gasteiger partial charge in [0.05, 0.1) is 6.61 Å². The number of hydrogen-bond acceptors (Lipinski definition) is 1. The van der Waals surface area contributed by atoms with Gasteiger partial charge in [0, 0.05) is 11.1 Å². The van der Waals surface area contributed by atoms with Crippen molar-refractivity contribution in [2.45, 2.75) is 6.92 Å². The molecule has 0 radical (unpaired) electrons. The molecule has 0 N–H and O–H groups in total. The van der Waals surface area contributed by atoms with Gasteiger partial charge >= 0.3 is 0 Å². The second-order valence-corrected chi connectivity index (χ2v) is 7.27. The lowest BCUT2D eigenvalue weighted by molar-refractivity contribution is 0.314. The highest BCUT2D eigenvalue weighted by Crippen LogP contribution is 2.32. The number of rotatable bonds is 6. The number of hydrogen-bond donors (Lipinski definition) is 0. The quantitative estimate of drug-likeness (QED) is 0.300. The predicted octanol–water partition coefficient (Wildman–Crippen LogP) is 8.15. The summed E-state index contributed by atoms with van der Waals surface area (Å²) in [7, 11) is 0. The standard InChI is InChI=1S/C28H21F3O/c1-3-18-5-14-23(17-25(18)29)21-8-6-19(7-9-21)20-10-12-22(13-11-20)24-15-16-26(32-4-2)28(31)27(24)30/h3,5-17H,1,4H2,2H3. The molecule has 0 aromatic heterocycles. The molecule has 4 rings (SSSR count). The second kappa shape index (κ2) is 9.15. The van der Waals surface area contributed by atoms with Crippen molar-refractivity contribution in [2.24, 2.45) is 0 Å². The van der Waals surface area contributed by atoms with Crippen LogP contribution >= 0.6 is 0 Å². The highest BCUT2D eigenvalue weighted by atomic mass is 19.2. The second-order valence-electron chi connectivity index (χ2n) is 7.27. The molecule has 0 spiro atoms. The minimum atomic E-state index is -0.985. The Kier molecular flexibility index (Phi) is 6.13. The zero-order valence-corrected chi connectivity index (χ0v) is 17.5. The van der Waals surface area contributed by atoms with Gasteiger partial charge in [0.2, 0.25) is 5.82 Å². The predicted molar refractivity (Wildman–Crippen MR) is 124 cm³/mol. The lowest BCUT2D eigenvalue weighted by Crippen LogP contribution is -1.98. The van der Waals surface area contributed by atoms with Crippen LogP contribution in [-0.2, 0) is 0 Å². The van der Waals surface area contributed by atoms with E-state index < -0.39 is 11.6 Å². The van der Waals surface area contributed by atoms with Gasteiger partial charge in [0.15, 0.2) is 11.6 Å². The average molecular weight is 430 g/mol. The third kappa shape index (κ3) is 4.17. The molecule has 0 saturated heterocycles. The van der Waals surface area contributed by atoms with Gasteiger partial charge in [-0.25, -0.2) is 8.78 Å². The molecule has 32 heavy (non-hydrogen) atoms. The molecule has 4 heteroatoms. The summed E-state index contributed by atoms with van der Waals surface area (Å²) in [6.07, 6.45) is 1.49. The molecule has 0 unspecified atom stereocenters. The van der Waals surface area contributed by atoms with Gasteiger partial charge in [0.1, 0.15) is 5.82 Å². The molecule has 1 nitrogen and oxygen atoms in total. The summed E-state index contributed by atoms with van der Waals surface area (Å²) in [5, 5.41) is 0. The summed E-state index contributed by atoms with van der Waals surface area (Å²) >= 11 is 0. The van der Waals surface area contributed by atoms with Crippen molar-refractivity contribution in [3.8, 4) is 39.1 Å². The van der Waals surface area contributed by atoms with Crippen LogP contribution in [0.25, 0.3) is 39.5 Å². The normalized spacial score (nSPS) is 10.8. The first-order chi connectivity index (χ1) is 15.5. The molecule has 0 bridgehead atoms. The first-order valence-electron chi connectivity index (χ1n) is 10.3. The molecule has 4 aromatic carbocycles. The maximum atomic E-state index is 14.5. The Bertz CT molecular complexity index is 1260. The molecular formula is C28H21F3O. The summed E-state index contributed by atoms with van der Waals surface area (Å²) in [5.74, 6) is -2.32. The van der Waals surface area contributed by atoms with Gasteiger partial charge in [-0.1, -0.05) is 73.3 Å². The molecule has 0 aliphatic carbocycles. The first-order valence-corrected chi connectivity index (χ1v) is 10.3. The summed E-state index contributed by atoms with van der Waals surface area (Å²) in [5.41, 5.74) is 4.78. The monoisotopic (exact) mass is 430 g/mol. The van der Waals surface area contributed by atoms with Crippen molar-refractivity contribution in [3.63, 3.8) is 0 Å². The van der Waals surface area contributed by atoms with Crippen molar-refractivity contribution in [1.82, 2.24) is 0 Å². The summed E-state index contributed by atoms with van der Waals surface area (Å²) < 4.78 is 47.8. The Morgan fingerprint density at radius 1 is 0.688 bits per heavy atom. The van der Waals surface area contributed by atoms with Crippen LogP contribution in [0.3, 0.4) is 0 Å². The maximum Gasteiger partial charge on any atom is 0.201 e. The molecule has 0 saturated carbocycles. The van der Waals surface area contributed by atoms with Crippen LogP contribution < -0.4 is 4.74 Å². The van der Waals surface area contributed by atoms with E-state index in [1.165, 1.54) is 24.3 Å². The van der Waals surface area contributed by atoms with E-state index >= 15 is 0 Å². The van der Waals surface area contributed by atoms with E-state index in [0.717, 1.165) is 22.3 Å². The van der Waals surface area contributed by atoms with Crippen LogP contribution in [0.2, 0.25) is 0 Å². The summed E-state index contributed by atoms with van der Waals surface area (Å²) in [6, 6.07) is 23.0. The minimum Gasteiger partial charge on any atom is -0.491 e. The Hall–Kier alpha value is -3.79. The van der Waals surface area contributed by atoms with E-state index in [4.69, 9.17) is 4.74 Å². The Labute approximate surface area is 185 Å². The van der Waals surface area contributed by atoms with Crippen LogP contribution in [0, 0.1) is 17.5 Å². The van der Waals surface area contributed by atoms with Gasteiger partial charge in [-0.15, -0.1) is 0 Å². The van der Waals surface area contributed by atoms with Gasteiger partial charge in [0.25, 0.3) is 0 Å². The van der Waals surface area contributed by atoms with Gasteiger partial charge in [-0.05, 0) is 52.9 Å². The Balaban J connectivity index is 1.58. The fourth-order valence-electron chi connectivity index (χ4n) is 3.59. The van der Waals surface area contributed by atoms with Crippen molar-refractivity contribution < 1.29 is 17.9 Å². The van der Waals surface area contributed by atoms with Crippen molar-refractivity contribution in [2.75, 3.05) is 6.61 Å². The van der Waals surface area contributed by atoms with E-state index in [0.29, 0.717) is 11.1 Å². The molecule has 0 heterocycles. The third-order valence-corrected chi connectivity index (χ3v) is 5.31. The first kappa shape index (κ1) is 21.4. The van der Waals surface area contributed by atoms with Crippen molar-refractivity contribution in [1.29, 1.82) is 0 Å². The average Bonchev–Trinajstić information content (AvgIpc) is 2.82. The molecule has 0 amide bonds. The zero-order chi connectivity index (χ0) is 22.7. The number of benzene rings is 4. The summed E-state index contributed by atoms with van der Waals surface area (Å²) in [6.45, 7) is 5.58. The Morgan fingerprint density at radius 2 is 1.22 bits per heavy atom. The van der Waals surface area contributed by atoms with Crippen LogP contribution in [0.15, 0.2) is 85.4 Å². The van der Waals surface area contributed by atoms with E-state index in [-0.39, 0.29) is 23.7 Å². The van der Waals surface area contributed by atoms with Crippen LogP contribution in [0.4, 0.5) is 13.2 Å². The number of halogens is 3. The smallest absolute Gasteiger partial charge is 0.201 e. The lowest BCUT2D eigenvalue weighted by atomic mass is 9.97.